The van der Waals surface area contributed by atoms with E-state index in [0.29, 0.717) is 18.0 Å². The van der Waals surface area contributed by atoms with Gasteiger partial charge in [0.2, 0.25) is 5.75 Å². The molecule has 29 heavy (non-hydrogen) atoms. The Morgan fingerprint density at radius 3 is 1.93 bits per heavy atom. The molecule has 2 N–H and O–H groups in total. The average Bonchev–Trinajstić information content (AvgIpc) is 2.68. The molecule has 1 aliphatic rings. The van der Waals surface area contributed by atoms with E-state index >= 15 is 0 Å². The number of amides is 1. The predicted molar refractivity (Wildman–Crippen MR) is 113 cm³/mol. The first-order valence-corrected chi connectivity index (χ1v) is 10.6. The fourth-order valence-corrected chi connectivity index (χ4v) is 4.36. The molecule has 0 saturated carbocycles. The molecule has 0 bridgehead atoms. The zero-order chi connectivity index (χ0) is 21.6. The SMILES string of the molecule is COc1ccc(C[NH+]2CC[NH+](CC(=O)N(C(C)C)C(C)C)CC2)c(OC)c1OC. The molecule has 0 aliphatic carbocycles. The lowest BCUT2D eigenvalue weighted by Gasteiger charge is -2.34. The minimum atomic E-state index is 0.242. The molecule has 1 aliphatic heterocycles. The Hall–Kier alpha value is -1.99. The summed E-state index contributed by atoms with van der Waals surface area (Å²) in [6, 6.07) is 4.47. The minimum absolute atomic E-state index is 0.242. The lowest BCUT2D eigenvalue weighted by Crippen LogP contribution is -3.28. The van der Waals surface area contributed by atoms with Crippen molar-refractivity contribution in [3.63, 3.8) is 0 Å². The quantitative estimate of drug-likeness (QED) is 0.585. The molecule has 0 aromatic heterocycles. The number of hydrogen-bond acceptors (Lipinski definition) is 4. The standard InChI is InChI=1S/C22H37N3O4/c1-16(2)25(17(3)4)20(26)15-24-12-10-23(11-13-24)14-18-8-9-19(27-5)22(29-7)21(18)28-6/h8-9,16-17H,10-15H2,1-7H3/p+2. The molecule has 164 valence electrons. The highest BCUT2D eigenvalue weighted by atomic mass is 16.5. The van der Waals surface area contributed by atoms with Crippen LogP contribution < -0.4 is 24.0 Å². The lowest BCUT2D eigenvalue weighted by atomic mass is 10.1. The first-order valence-electron chi connectivity index (χ1n) is 10.6. The second-order valence-corrected chi connectivity index (χ2v) is 8.34. The van der Waals surface area contributed by atoms with Crippen molar-refractivity contribution in [1.82, 2.24) is 4.90 Å². The molecule has 0 spiro atoms. The fraction of sp³-hybridized carbons (Fsp3) is 0.682. The van der Waals surface area contributed by atoms with Crippen molar-refractivity contribution < 1.29 is 28.8 Å². The monoisotopic (exact) mass is 409 g/mol. The number of carbonyl (C=O) groups excluding carboxylic acids is 1. The number of nitrogens with zero attached hydrogens (tertiary/aromatic N) is 1. The van der Waals surface area contributed by atoms with Crippen molar-refractivity contribution in [3.8, 4) is 17.2 Å². The van der Waals surface area contributed by atoms with E-state index in [0.717, 1.165) is 44.0 Å². The average molecular weight is 410 g/mol. The summed E-state index contributed by atoms with van der Waals surface area (Å²) in [5.74, 6) is 2.32. The van der Waals surface area contributed by atoms with Crippen LogP contribution in [0.25, 0.3) is 0 Å². The van der Waals surface area contributed by atoms with Crippen molar-refractivity contribution in [2.45, 2.75) is 46.3 Å². The summed E-state index contributed by atoms with van der Waals surface area (Å²) in [5.41, 5.74) is 1.12. The molecule has 7 nitrogen and oxygen atoms in total. The first-order chi connectivity index (χ1) is 13.8. The highest BCUT2D eigenvalue weighted by Crippen LogP contribution is 2.39. The first kappa shape index (κ1) is 23.3. The van der Waals surface area contributed by atoms with Crippen molar-refractivity contribution in [2.75, 3.05) is 54.1 Å². The number of methoxy groups -OCH3 is 3. The zero-order valence-corrected chi connectivity index (χ0v) is 19.1. The van der Waals surface area contributed by atoms with Gasteiger partial charge in [0.05, 0.1) is 26.9 Å². The van der Waals surface area contributed by atoms with E-state index < -0.39 is 0 Å². The second-order valence-electron chi connectivity index (χ2n) is 8.34. The Bertz CT molecular complexity index is 662. The lowest BCUT2D eigenvalue weighted by molar-refractivity contribution is -1.02. The predicted octanol–water partition coefficient (Wildman–Crippen LogP) is -0.359. The summed E-state index contributed by atoms with van der Waals surface area (Å²) in [5, 5.41) is 0. The van der Waals surface area contributed by atoms with Gasteiger partial charge in [-0.15, -0.1) is 0 Å². The van der Waals surface area contributed by atoms with Crippen LogP contribution >= 0.6 is 0 Å². The summed E-state index contributed by atoms with van der Waals surface area (Å²) in [4.78, 5) is 17.6. The van der Waals surface area contributed by atoms with Crippen LogP contribution in [0.15, 0.2) is 12.1 Å². The van der Waals surface area contributed by atoms with Gasteiger partial charge < -0.3 is 28.9 Å². The van der Waals surface area contributed by atoms with Gasteiger partial charge in [0.15, 0.2) is 18.0 Å². The van der Waals surface area contributed by atoms with E-state index in [1.165, 1.54) is 9.80 Å². The van der Waals surface area contributed by atoms with Gasteiger partial charge in [0.1, 0.15) is 32.7 Å². The van der Waals surface area contributed by atoms with Crippen molar-refractivity contribution in [1.29, 1.82) is 0 Å². The van der Waals surface area contributed by atoms with E-state index in [9.17, 15) is 4.79 Å². The molecule has 1 aromatic rings. The number of piperazine rings is 1. The Morgan fingerprint density at radius 2 is 1.45 bits per heavy atom. The number of quaternary nitrogens is 2. The van der Waals surface area contributed by atoms with Gasteiger partial charge in [-0.25, -0.2) is 0 Å². The molecule has 2 rings (SSSR count). The molecule has 7 heteroatoms. The molecule has 1 fully saturated rings. The zero-order valence-electron chi connectivity index (χ0n) is 19.1. The number of hydrogen-bond donors (Lipinski definition) is 2. The molecular formula is C22H39N3O4+2. The number of nitrogens with one attached hydrogen (secondary N) is 2. The summed E-state index contributed by atoms with van der Waals surface area (Å²) in [6.07, 6.45) is 0. The summed E-state index contributed by atoms with van der Waals surface area (Å²) in [6.45, 7) is 13.9. The van der Waals surface area contributed by atoms with E-state index in [1.807, 2.05) is 11.0 Å². The summed E-state index contributed by atoms with van der Waals surface area (Å²) >= 11 is 0. The van der Waals surface area contributed by atoms with Crippen LogP contribution in [0, 0.1) is 0 Å². The van der Waals surface area contributed by atoms with Crippen LogP contribution in [-0.4, -0.2) is 76.9 Å². The molecule has 0 radical (unpaired) electrons. The summed E-state index contributed by atoms with van der Waals surface area (Å²) in [7, 11) is 4.93. The minimum Gasteiger partial charge on any atom is -0.493 e. The Morgan fingerprint density at radius 1 is 0.897 bits per heavy atom. The van der Waals surface area contributed by atoms with Gasteiger partial charge in [-0.05, 0) is 39.8 Å². The van der Waals surface area contributed by atoms with Gasteiger partial charge in [-0.3, -0.25) is 4.79 Å². The Labute approximate surface area is 175 Å². The van der Waals surface area contributed by atoms with Crippen LogP contribution in [0.4, 0.5) is 0 Å². The van der Waals surface area contributed by atoms with Crippen LogP contribution in [0.5, 0.6) is 17.2 Å². The van der Waals surface area contributed by atoms with E-state index in [1.54, 1.807) is 21.3 Å². The van der Waals surface area contributed by atoms with E-state index in [2.05, 4.69) is 33.8 Å². The smallest absolute Gasteiger partial charge is 0.278 e. The van der Waals surface area contributed by atoms with Gasteiger partial charge in [0, 0.05) is 12.1 Å². The topological polar surface area (TPSA) is 56.9 Å². The summed E-state index contributed by atoms with van der Waals surface area (Å²) < 4.78 is 16.5. The molecule has 0 atom stereocenters. The maximum atomic E-state index is 12.7. The van der Waals surface area contributed by atoms with Crippen molar-refractivity contribution in [3.05, 3.63) is 17.7 Å². The molecule has 1 saturated heterocycles. The third-order valence-corrected chi connectivity index (χ3v) is 5.69. The molecular weight excluding hydrogens is 370 g/mol. The normalized spacial score (nSPS) is 19.3. The molecule has 1 aromatic carbocycles. The molecule has 1 amide bonds. The number of carbonyl (C=O) groups is 1. The molecule has 0 unspecified atom stereocenters. The number of ether oxygens (including phenoxy) is 3. The van der Waals surface area contributed by atoms with Gasteiger partial charge in [0.25, 0.3) is 5.91 Å². The van der Waals surface area contributed by atoms with Gasteiger partial charge >= 0.3 is 0 Å². The third-order valence-electron chi connectivity index (χ3n) is 5.69. The Kier molecular flexibility index (Phi) is 8.59. The van der Waals surface area contributed by atoms with Crippen molar-refractivity contribution in [2.24, 2.45) is 0 Å². The van der Waals surface area contributed by atoms with Crippen LogP contribution in [0.1, 0.15) is 33.3 Å². The van der Waals surface area contributed by atoms with Gasteiger partial charge in [-0.1, -0.05) is 0 Å². The van der Waals surface area contributed by atoms with Crippen LogP contribution in [-0.2, 0) is 11.3 Å². The largest absolute Gasteiger partial charge is 0.493 e. The second kappa shape index (κ2) is 10.7. The van der Waals surface area contributed by atoms with Crippen LogP contribution in [0.3, 0.4) is 0 Å². The fourth-order valence-electron chi connectivity index (χ4n) is 4.36. The number of benzene rings is 1. The van der Waals surface area contributed by atoms with Gasteiger partial charge in [-0.2, -0.15) is 0 Å². The molecule has 1 heterocycles. The van der Waals surface area contributed by atoms with Crippen LogP contribution in [0.2, 0.25) is 0 Å². The van der Waals surface area contributed by atoms with E-state index in [-0.39, 0.29) is 18.0 Å². The maximum absolute atomic E-state index is 12.7. The maximum Gasteiger partial charge on any atom is 0.278 e. The highest BCUT2D eigenvalue weighted by Gasteiger charge is 2.29. The van der Waals surface area contributed by atoms with E-state index in [4.69, 9.17) is 14.2 Å². The highest BCUT2D eigenvalue weighted by molar-refractivity contribution is 5.77. The number of rotatable bonds is 9. The van der Waals surface area contributed by atoms with Crippen molar-refractivity contribution >= 4 is 5.91 Å². The Balaban J connectivity index is 1.96. The third kappa shape index (κ3) is 5.76.